The first-order valence-corrected chi connectivity index (χ1v) is 8.65. The van der Waals surface area contributed by atoms with Gasteiger partial charge in [0, 0.05) is 24.5 Å². The van der Waals surface area contributed by atoms with Crippen LogP contribution in [-0.2, 0) is 16.6 Å². The second kappa shape index (κ2) is 6.71. The Labute approximate surface area is 120 Å². The van der Waals surface area contributed by atoms with Gasteiger partial charge in [-0.25, -0.2) is 13.1 Å². The molecule has 2 rings (SSSR count). The van der Waals surface area contributed by atoms with Crippen LogP contribution in [0, 0.1) is 0 Å². The van der Waals surface area contributed by atoms with Crippen LogP contribution in [0.2, 0.25) is 0 Å². The van der Waals surface area contributed by atoms with Crippen LogP contribution in [0.5, 0.6) is 0 Å². The molecule has 0 aliphatic carbocycles. The summed E-state index contributed by atoms with van der Waals surface area (Å²) in [6, 6.07) is 1.62. The van der Waals surface area contributed by atoms with Crippen LogP contribution in [-0.4, -0.2) is 44.0 Å². The van der Waals surface area contributed by atoms with Crippen molar-refractivity contribution in [2.45, 2.75) is 43.7 Å². The molecular formula is C13H24N4O2S. The monoisotopic (exact) mass is 300 g/mol. The molecule has 0 radical (unpaired) electrons. The standard InChI is InChI=1S/C13H24N4O2S/c1-2-5-17-6-3-11(4-7-17)16-20(18,19)13-8-12(9-14)15-10-13/h8,10-11,15-16H,2-7,9,14H2,1H3. The molecule has 1 aromatic rings. The quantitative estimate of drug-likeness (QED) is 0.718. The number of nitrogens with two attached hydrogens (primary N) is 1. The summed E-state index contributed by atoms with van der Waals surface area (Å²) in [7, 11) is -3.43. The molecule has 0 unspecified atom stereocenters. The SMILES string of the molecule is CCCN1CCC(NS(=O)(=O)c2c[nH]c(CN)c2)CC1. The third-order valence-corrected chi connectivity index (χ3v) is 5.20. The Balaban J connectivity index is 1.92. The van der Waals surface area contributed by atoms with Crippen molar-refractivity contribution in [2.75, 3.05) is 19.6 Å². The van der Waals surface area contributed by atoms with E-state index in [1.165, 1.54) is 6.20 Å². The highest BCUT2D eigenvalue weighted by molar-refractivity contribution is 7.89. The molecule has 1 aliphatic rings. The van der Waals surface area contributed by atoms with Crippen molar-refractivity contribution in [3.8, 4) is 0 Å². The number of likely N-dealkylation sites (tertiary alicyclic amines) is 1. The number of rotatable bonds is 6. The van der Waals surface area contributed by atoms with Crippen molar-refractivity contribution in [1.82, 2.24) is 14.6 Å². The molecule has 1 saturated heterocycles. The third-order valence-electron chi connectivity index (χ3n) is 3.70. The molecule has 0 aromatic carbocycles. The van der Waals surface area contributed by atoms with E-state index in [4.69, 9.17) is 5.73 Å². The number of sulfonamides is 1. The molecule has 4 N–H and O–H groups in total. The van der Waals surface area contributed by atoms with E-state index in [0.717, 1.165) is 44.6 Å². The van der Waals surface area contributed by atoms with E-state index in [-0.39, 0.29) is 10.9 Å². The Kier molecular flexibility index (Phi) is 5.20. The van der Waals surface area contributed by atoms with Gasteiger partial charge in [-0.1, -0.05) is 6.92 Å². The summed E-state index contributed by atoms with van der Waals surface area (Å²) in [5.74, 6) is 0. The van der Waals surface area contributed by atoms with Gasteiger partial charge in [0.25, 0.3) is 0 Å². The third kappa shape index (κ3) is 3.82. The van der Waals surface area contributed by atoms with Gasteiger partial charge in [0.1, 0.15) is 0 Å². The zero-order chi connectivity index (χ0) is 14.6. The lowest BCUT2D eigenvalue weighted by Crippen LogP contribution is -2.44. The first-order chi connectivity index (χ1) is 9.55. The number of nitrogens with zero attached hydrogens (tertiary/aromatic N) is 1. The Morgan fingerprint density at radius 2 is 2.15 bits per heavy atom. The predicted octanol–water partition coefficient (Wildman–Crippen LogP) is 0.626. The van der Waals surface area contributed by atoms with E-state index in [1.54, 1.807) is 6.07 Å². The van der Waals surface area contributed by atoms with Gasteiger partial charge in [-0.05, 0) is 45.0 Å². The molecule has 2 heterocycles. The summed E-state index contributed by atoms with van der Waals surface area (Å²) >= 11 is 0. The average Bonchev–Trinajstić information content (AvgIpc) is 2.91. The number of nitrogens with one attached hydrogen (secondary N) is 2. The lowest BCUT2D eigenvalue weighted by molar-refractivity contribution is 0.208. The van der Waals surface area contributed by atoms with Crippen molar-refractivity contribution in [1.29, 1.82) is 0 Å². The zero-order valence-electron chi connectivity index (χ0n) is 11.9. The maximum atomic E-state index is 12.3. The second-order valence-corrected chi connectivity index (χ2v) is 7.02. The van der Waals surface area contributed by atoms with E-state index in [9.17, 15) is 8.42 Å². The molecule has 0 bridgehead atoms. The minimum Gasteiger partial charge on any atom is -0.363 e. The summed E-state index contributed by atoms with van der Waals surface area (Å²) in [6.07, 6.45) is 4.37. The van der Waals surface area contributed by atoms with Crippen molar-refractivity contribution in [2.24, 2.45) is 5.73 Å². The average molecular weight is 300 g/mol. The maximum absolute atomic E-state index is 12.3. The number of hydrogen-bond acceptors (Lipinski definition) is 4. The van der Waals surface area contributed by atoms with Gasteiger partial charge in [-0.15, -0.1) is 0 Å². The highest BCUT2D eigenvalue weighted by Gasteiger charge is 2.24. The summed E-state index contributed by atoms with van der Waals surface area (Å²) in [5, 5.41) is 0. The number of H-pyrrole nitrogens is 1. The maximum Gasteiger partial charge on any atom is 0.242 e. The smallest absolute Gasteiger partial charge is 0.242 e. The van der Waals surface area contributed by atoms with Gasteiger partial charge in [0.2, 0.25) is 10.0 Å². The van der Waals surface area contributed by atoms with Crippen LogP contribution >= 0.6 is 0 Å². The molecule has 20 heavy (non-hydrogen) atoms. The van der Waals surface area contributed by atoms with Gasteiger partial charge in [-0.3, -0.25) is 0 Å². The van der Waals surface area contributed by atoms with Crippen LogP contribution in [0.1, 0.15) is 31.9 Å². The molecule has 0 atom stereocenters. The lowest BCUT2D eigenvalue weighted by atomic mass is 10.1. The van der Waals surface area contributed by atoms with Crippen LogP contribution in [0.3, 0.4) is 0 Å². The first-order valence-electron chi connectivity index (χ1n) is 7.17. The topological polar surface area (TPSA) is 91.2 Å². The summed E-state index contributed by atoms with van der Waals surface area (Å²) in [6.45, 7) is 5.49. The Hall–Kier alpha value is -0.890. The van der Waals surface area contributed by atoms with E-state index in [1.807, 2.05) is 0 Å². The minimum atomic E-state index is -3.43. The summed E-state index contributed by atoms with van der Waals surface area (Å²) in [5.41, 5.74) is 6.21. The normalized spacial score (nSPS) is 18.5. The zero-order valence-corrected chi connectivity index (χ0v) is 12.7. The van der Waals surface area contributed by atoms with Crippen LogP contribution in [0.4, 0.5) is 0 Å². The molecule has 0 amide bonds. The fourth-order valence-corrected chi connectivity index (χ4v) is 3.89. The molecule has 0 spiro atoms. The number of aromatic amines is 1. The van der Waals surface area contributed by atoms with Crippen molar-refractivity contribution in [3.63, 3.8) is 0 Å². The Morgan fingerprint density at radius 1 is 1.45 bits per heavy atom. The molecule has 1 fully saturated rings. The summed E-state index contributed by atoms with van der Waals surface area (Å²) in [4.78, 5) is 5.52. The van der Waals surface area contributed by atoms with E-state index < -0.39 is 10.0 Å². The van der Waals surface area contributed by atoms with Crippen LogP contribution in [0.15, 0.2) is 17.2 Å². The first kappa shape index (κ1) is 15.5. The largest absolute Gasteiger partial charge is 0.363 e. The van der Waals surface area contributed by atoms with E-state index in [2.05, 4.69) is 21.5 Å². The van der Waals surface area contributed by atoms with Gasteiger partial charge in [0.05, 0.1) is 4.90 Å². The van der Waals surface area contributed by atoms with Crippen molar-refractivity contribution >= 4 is 10.0 Å². The fraction of sp³-hybridized carbons (Fsp3) is 0.692. The molecule has 0 saturated carbocycles. The molecule has 6 nitrogen and oxygen atoms in total. The second-order valence-electron chi connectivity index (χ2n) is 5.30. The molecule has 7 heteroatoms. The Bertz CT molecular complexity index is 518. The van der Waals surface area contributed by atoms with Crippen molar-refractivity contribution in [3.05, 3.63) is 18.0 Å². The molecule has 114 valence electrons. The lowest BCUT2D eigenvalue weighted by Gasteiger charge is -2.31. The number of aromatic nitrogens is 1. The predicted molar refractivity (Wildman–Crippen MR) is 78.8 cm³/mol. The minimum absolute atomic E-state index is 0.0318. The van der Waals surface area contributed by atoms with Gasteiger partial charge in [-0.2, -0.15) is 0 Å². The Morgan fingerprint density at radius 3 is 2.70 bits per heavy atom. The van der Waals surface area contributed by atoms with Gasteiger partial charge in [0.15, 0.2) is 0 Å². The van der Waals surface area contributed by atoms with E-state index in [0.29, 0.717) is 6.54 Å². The molecular weight excluding hydrogens is 276 g/mol. The van der Waals surface area contributed by atoms with Crippen LogP contribution in [0.25, 0.3) is 0 Å². The fourth-order valence-electron chi connectivity index (χ4n) is 2.57. The number of hydrogen-bond donors (Lipinski definition) is 3. The van der Waals surface area contributed by atoms with Gasteiger partial charge < -0.3 is 15.6 Å². The highest BCUT2D eigenvalue weighted by Crippen LogP contribution is 2.15. The molecule has 1 aliphatic heterocycles. The summed E-state index contributed by atoms with van der Waals surface area (Å²) < 4.78 is 27.3. The number of piperidine rings is 1. The van der Waals surface area contributed by atoms with Crippen molar-refractivity contribution < 1.29 is 8.42 Å². The van der Waals surface area contributed by atoms with Crippen LogP contribution < -0.4 is 10.5 Å². The highest BCUT2D eigenvalue weighted by atomic mass is 32.2. The van der Waals surface area contributed by atoms with Gasteiger partial charge >= 0.3 is 0 Å². The van der Waals surface area contributed by atoms with E-state index >= 15 is 0 Å². The molecule has 1 aromatic heterocycles.